The minimum absolute atomic E-state index is 0.250. The van der Waals surface area contributed by atoms with Crippen molar-refractivity contribution in [2.45, 2.75) is 6.92 Å². The Morgan fingerprint density at radius 3 is 1.29 bits per heavy atom. The lowest BCUT2D eigenvalue weighted by Crippen LogP contribution is -2.52. The van der Waals surface area contributed by atoms with E-state index in [2.05, 4.69) is 43.7 Å². The summed E-state index contributed by atoms with van der Waals surface area (Å²) in [5.74, 6) is 0. The van der Waals surface area contributed by atoms with E-state index in [0.717, 1.165) is 78.9 Å². The van der Waals surface area contributed by atoms with Crippen molar-refractivity contribution in [1.82, 2.24) is 36.8 Å². The van der Waals surface area contributed by atoms with Gasteiger partial charge in [0.05, 0.1) is 20.0 Å². The summed E-state index contributed by atoms with van der Waals surface area (Å²) in [5.41, 5.74) is 0.250. The third-order valence-electron chi connectivity index (χ3n) is 4.10. The Morgan fingerprint density at radius 2 is 0.905 bits per heavy atom. The fourth-order valence-electron chi connectivity index (χ4n) is 2.77. The smallest absolute Gasteiger partial charge is 0.0505 e. The Bertz CT molecular complexity index is 233. The number of hydrogen-bond donors (Lipinski definition) is 6. The van der Waals surface area contributed by atoms with Crippen LogP contribution in [0.4, 0.5) is 0 Å². The van der Waals surface area contributed by atoms with E-state index in [4.69, 9.17) is 0 Å². The first-order chi connectivity index (χ1) is 10.3. The van der Waals surface area contributed by atoms with Gasteiger partial charge in [-0.25, -0.2) is 0 Å². The highest BCUT2D eigenvalue weighted by Crippen LogP contribution is 2.12. The lowest BCUT2D eigenvalue weighted by Gasteiger charge is -2.32. The third kappa shape index (κ3) is 7.01. The van der Waals surface area contributed by atoms with Crippen LogP contribution in [0, 0.1) is 5.41 Å². The average molecular weight is 299 g/mol. The van der Waals surface area contributed by atoms with Crippen LogP contribution in [0.1, 0.15) is 6.92 Å². The lowest BCUT2D eigenvalue weighted by atomic mass is 9.90. The van der Waals surface area contributed by atoms with Crippen molar-refractivity contribution in [3.05, 3.63) is 0 Å². The van der Waals surface area contributed by atoms with Crippen LogP contribution >= 0.6 is 0 Å². The van der Waals surface area contributed by atoms with E-state index in [-0.39, 0.29) is 5.41 Å². The second-order valence-corrected chi connectivity index (χ2v) is 6.49. The van der Waals surface area contributed by atoms with Crippen molar-refractivity contribution in [2.75, 3.05) is 78.9 Å². The topological polar surface area (TPSA) is 75.4 Å². The van der Waals surface area contributed by atoms with E-state index in [0.29, 0.717) is 0 Å². The Hall–Kier alpha value is -0.280. The van der Waals surface area contributed by atoms with Crippen LogP contribution in [0.3, 0.4) is 0 Å². The van der Waals surface area contributed by atoms with Crippen LogP contribution in [0.5, 0.6) is 0 Å². The summed E-state index contributed by atoms with van der Waals surface area (Å²) >= 11 is 0. The van der Waals surface area contributed by atoms with E-state index >= 15 is 0 Å². The predicted molar refractivity (Wildman–Crippen MR) is 87.2 cm³/mol. The molecule has 0 spiro atoms. The molecule has 6 N–H and O–H groups in total. The molecular formula is C14H33N7. The van der Waals surface area contributed by atoms with Gasteiger partial charge in [0.15, 0.2) is 0 Å². The summed E-state index contributed by atoms with van der Waals surface area (Å²) in [4.78, 5) is 2.36. The van der Waals surface area contributed by atoms with Crippen LogP contribution in [0.15, 0.2) is 0 Å². The Kier molecular flexibility index (Phi) is 7.87. The first-order valence-electron chi connectivity index (χ1n) is 8.25. The van der Waals surface area contributed by atoms with E-state index in [1.807, 2.05) is 0 Å². The number of fused-ring (bicyclic) bond motifs is 15. The van der Waals surface area contributed by atoms with Crippen LogP contribution in [0.2, 0.25) is 0 Å². The van der Waals surface area contributed by atoms with Gasteiger partial charge in [-0.05, 0) is 0 Å². The van der Waals surface area contributed by atoms with Crippen molar-refractivity contribution in [1.29, 1.82) is 0 Å². The molecule has 3 fully saturated rings. The monoisotopic (exact) mass is 299 g/mol. The first kappa shape index (κ1) is 17.1. The predicted octanol–water partition coefficient (Wildman–Crippen LogP) is -2.27. The third-order valence-corrected chi connectivity index (χ3v) is 4.10. The maximum Gasteiger partial charge on any atom is 0.0505 e. The molecular weight excluding hydrogens is 266 g/mol. The molecule has 7 nitrogen and oxygen atoms in total. The van der Waals surface area contributed by atoms with Gasteiger partial charge in [0, 0.05) is 64.3 Å². The quantitative estimate of drug-likeness (QED) is 0.301. The van der Waals surface area contributed by atoms with E-state index < -0.39 is 0 Å². The molecule has 124 valence electrons. The van der Waals surface area contributed by atoms with Crippen molar-refractivity contribution >= 4 is 0 Å². The molecule has 0 saturated carbocycles. The molecule has 3 heterocycles. The van der Waals surface area contributed by atoms with Gasteiger partial charge in [-0.1, -0.05) is 6.92 Å². The molecule has 0 aromatic carbocycles. The van der Waals surface area contributed by atoms with Crippen molar-refractivity contribution < 1.29 is 0 Å². The minimum Gasteiger partial charge on any atom is -0.315 e. The summed E-state index contributed by atoms with van der Waals surface area (Å²) < 4.78 is 0. The summed E-state index contributed by atoms with van der Waals surface area (Å²) in [5, 5.41) is 21.3. The highest BCUT2D eigenvalue weighted by molar-refractivity contribution is 4.82. The second kappa shape index (κ2) is 9.68. The number of nitrogens with one attached hydrogen (secondary N) is 6. The van der Waals surface area contributed by atoms with E-state index in [1.54, 1.807) is 0 Å². The summed E-state index contributed by atoms with van der Waals surface area (Å²) in [6, 6.07) is 0. The average Bonchev–Trinajstić information content (AvgIpc) is 2.48. The summed E-state index contributed by atoms with van der Waals surface area (Å²) in [6.45, 7) is 14.3. The van der Waals surface area contributed by atoms with Gasteiger partial charge < -0.3 is 31.9 Å². The zero-order valence-corrected chi connectivity index (χ0v) is 13.4. The summed E-state index contributed by atoms with van der Waals surface area (Å²) in [6.07, 6.45) is 0. The normalized spacial score (nSPS) is 35.0. The first-order valence-corrected chi connectivity index (χ1v) is 8.25. The molecule has 0 aliphatic carbocycles. The molecule has 21 heavy (non-hydrogen) atoms. The molecule has 3 aliphatic rings. The Labute approximate surface area is 129 Å². The van der Waals surface area contributed by atoms with Gasteiger partial charge in [-0.2, -0.15) is 0 Å². The van der Waals surface area contributed by atoms with Crippen molar-refractivity contribution in [2.24, 2.45) is 5.41 Å². The summed E-state index contributed by atoms with van der Waals surface area (Å²) in [7, 11) is 0. The zero-order valence-electron chi connectivity index (χ0n) is 13.4. The standard InChI is InChI=1S/C14H33N7/c1-14-8-15-2-5-18-11-21(12-19-6-3-16-9-14)13-20-7-4-17-10-14/h15-20H,2-13H2,1H3. The van der Waals surface area contributed by atoms with Crippen LogP contribution in [0.25, 0.3) is 0 Å². The van der Waals surface area contributed by atoms with Gasteiger partial charge in [0.25, 0.3) is 0 Å². The zero-order chi connectivity index (χ0) is 14.8. The molecule has 2 bridgehead atoms. The SMILES string of the molecule is CC12CNCCNCN(CNCCNC1)CNCCNC2. The second-order valence-electron chi connectivity index (χ2n) is 6.49. The molecule has 3 aliphatic heterocycles. The molecule has 0 aromatic heterocycles. The molecule has 7 heteroatoms. The number of rotatable bonds is 0. The van der Waals surface area contributed by atoms with Gasteiger partial charge >= 0.3 is 0 Å². The molecule has 3 saturated heterocycles. The van der Waals surface area contributed by atoms with Crippen LogP contribution in [-0.4, -0.2) is 83.8 Å². The maximum atomic E-state index is 3.60. The van der Waals surface area contributed by atoms with E-state index in [9.17, 15) is 0 Å². The molecule has 0 radical (unpaired) electrons. The highest BCUT2D eigenvalue weighted by atomic mass is 15.3. The molecule has 0 aromatic rings. The molecule has 3 rings (SSSR count). The van der Waals surface area contributed by atoms with Gasteiger partial charge in [-0.3, -0.25) is 4.90 Å². The van der Waals surface area contributed by atoms with Crippen LogP contribution < -0.4 is 31.9 Å². The highest BCUT2D eigenvalue weighted by Gasteiger charge is 2.23. The molecule has 0 atom stereocenters. The molecule has 0 amide bonds. The minimum atomic E-state index is 0.250. The lowest BCUT2D eigenvalue weighted by molar-refractivity contribution is 0.207. The Morgan fingerprint density at radius 1 is 0.571 bits per heavy atom. The Balaban J connectivity index is 1.96. The fourth-order valence-corrected chi connectivity index (χ4v) is 2.77. The van der Waals surface area contributed by atoms with Crippen LogP contribution in [-0.2, 0) is 0 Å². The largest absolute Gasteiger partial charge is 0.315 e. The number of hydrogen-bond acceptors (Lipinski definition) is 7. The van der Waals surface area contributed by atoms with Gasteiger partial charge in [0.2, 0.25) is 0 Å². The van der Waals surface area contributed by atoms with E-state index in [1.165, 1.54) is 0 Å². The number of nitrogens with zero attached hydrogens (tertiary/aromatic N) is 1. The fraction of sp³-hybridized carbons (Fsp3) is 1.00. The van der Waals surface area contributed by atoms with Crippen molar-refractivity contribution in [3.63, 3.8) is 0 Å². The van der Waals surface area contributed by atoms with Gasteiger partial charge in [-0.15, -0.1) is 0 Å². The maximum absolute atomic E-state index is 3.60. The van der Waals surface area contributed by atoms with Crippen molar-refractivity contribution in [3.8, 4) is 0 Å². The van der Waals surface area contributed by atoms with Gasteiger partial charge in [0.1, 0.15) is 0 Å². The molecule has 0 unspecified atom stereocenters.